The molecule has 0 fully saturated rings. The molecule has 2 aromatic carbocycles. The Balaban J connectivity index is 2.11. The van der Waals surface area contributed by atoms with Crippen molar-refractivity contribution < 1.29 is 8.81 Å². The molecule has 1 atom stereocenters. The van der Waals surface area contributed by atoms with Gasteiger partial charge in [-0.15, -0.1) is 0 Å². The van der Waals surface area contributed by atoms with Crippen LogP contribution < -0.4 is 11.3 Å². The number of nitrogens with one attached hydrogen (secondary N) is 1. The van der Waals surface area contributed by atoms with Crippen molar-refractivity contribution in [3.05, 3.63) is 69.6 Å². The largest absolute Gasteiger partial charge is 0.459 e. The minimum absolute atomic E-state index is 0.288. The van der Waals surface area contributed by atoms with E-state index in [2.05, 4.69) is 21.4 Å². The van der Waals surface area contributed by atoms with Crippen LogP contribution in [-0.4, -0.2) is 0 Å². The van der Waals surface area contributed by atoms with Gasteiger partial charge >= 0.3 is 0 Å². The van der Waals surface area contributed by atoms with Crippen LogP contribution in [0.1, 0.15) is 22.9 Å². The number of rotatable bonds is 3. The van der Waals surface area contributed by atoms with Gasteiger partial charge in [0.25, 0.3) is 0 Å². The molecule has 108 valence electrons. The number of halogens is 2. The molecule has 3 N–H and O–H groups in total. The van der Waals surface area contributed by atoms with E-state index in [0.717, 1.165) is 15.6 Å². The highest BCUT2D eigenvalue weighted by atomic mass is 79.9. The average Bonchev–Trinajstić information content (AvgIpc) is 2.87. The summed E-state index contributed by atoms with van der Waals surface area (Å²) in [7, 11) is 0. The predicted octanol–water partition coefficient (Wildman–Crippen LogP) is 4.20. The summed E-state index contributed by atoms with van der Waals surface area (Å²) in [6, 6.07) is 11.9. The molecule has 0 spiro atoms. The van der Waals surface area contributed by atoms with Crippen LogP contribution in [0, 0.1) is 12.7 Å². The summed E-state index contributed by atoms with van der Waals surface area (Å²) in [6.07, 6.45) is 0. The number of hydrogen-bond donors (Lipinski definition) is 2. The lowest BCUT2D eigenvalue weighted by Crippen LogP contribution is -2.28. The van der Waals surface area contributed by atoms with Gasteiger partial charge in [-0.1, -0.05) is 34.1 Å². The van der Waals surface area contributed by atoms with Crippen LogP contribution in [0.3, 0.4) is 0 Å². The molecular formula is C16H14BrFN2O. The number of furan rings is 1. The highest BCUT2D eigenvalue weighted by molar-refractivity contribution is 9.10. The smallest absolute Gasteiger partial charge is 0.134 e. The molecule has 0 radical (unpaired) electrons. The van der Waals surface area contributed by atoms with E-state index >= 15 is 0 Å². The Morgan fingerprint density at radius 1 is 1.24 bits per heavy atom. The van der Waals surface area contributed by atoms with Gasteiger partial charge < -0.3 is 4.42 Å². The lowest BCUT2D eigenvalue weighted by molar-refractivity contribution is 0.476. The first-order chi connectivity index (χ1) is 10.1. The second kappa shape index (κ2) is 5.60. The number of hydrogen-bond acceptors (Lipinski definition) is 3. The Morgan fingerprint density at radius 3 is 2.81 bits per heavy atom. The van der Waals surface area contributed by atoms with Gasteiger partial charge in [-0.3, -0.25) is 5.84 Å². The zero-order valence-corrected chi connectivity index (χ0v) is 12.9. The SMILES string of the molecule is Cc1cccc(C(NN)c2cc3cc(F)ccc3o2)c1Br. The Kier molecular flexibility index (Phi) is 3.80. The fourth-order valence-corrected chi connectivity index (χ4v) is 2.89. The molecule has 0 saturated carbocycles. The molecule has 0 aliphatic rings. The normalized spacial score (nSPS) is 12.8. The summed E-state index contributed by atoms with van der Waals surface area (Å²) in [5.74, 6) is 6.06. The third kappa shape index (κ3) is 2.60. The van der Waals surface area contributed by atoms with Crippen molar-refractivity contribution >= 4 is 26.9 Å². The van der Waals surface area contributed by atoms with Gasteiger partial charge in [0, 0.05) is 9.86 Å². The number of benzene rings is 2. The summed E-state index contributed by atoms with van der Waals surface area (Å²) in [5.41, 5.74) is 5.47. The fraction of sp³-hybridized carbons (Fsp3) is 0.125. The second-order valence-electron chi connectivity index (χ2n) is 4.91. The number of aryl methyl sites for hydroxylation is 1. The minimum atomic E-state index is -0.310. The van der Waals surface area contributed by atoms with Gasteiger partial charge in [-0.2, -0.15) is 0 Å². The molecule has 0 amide bonds. The molecule has 5 heteroatoms. The van der Waals surface area contributed by atoms with Crippen molar-refractivity contribution in [1.82, 2.24) is 5.43 Å². The first-order valence-electron chi connectivity index (χ1n) is 6.50. The predicted molar refractivity (Wildman–Crippen MR) is 84.2 cm³/mol. The molecule has 3 aromatic rings. The maximum absolute atomic E-state index is 13.3. The topological polar surface area (TPSA) is 51.2 Å². The van der Waals surface area contributed by atoms with Crippen LogP contribution in [0.2, 0.25) is 0 Å². The summed E-state index contributed by atoms with van der Waals surface area (Å²) in [5, 5.41) is 0.717. The zero-order chi connectivity index (χ0) is 15.0. The number of hydrazine groups is 1. The van der Waals surface area contributed by atoms with E-state index in [9.17, 15) is 4.39 Å². The first-order valence-corrected chi connectivity index (χ1v) is 7.29. The van der Waals surface area contributed by atoms with Crippen LogP contribution >= 0.6 is 15.9 Å². The van der Waals surface area contributed by atoms with E-state index in [1.54, 1.807) is 12.1 Å². The van der Waals surface area contributed by atoms with E-state index < -0.39 is 0 Å². The van der Waals surface area contributed by atoms with Gasteiger partial charge in [-0.05, 0) is 42.3 Å². The highest BCUT2D eigenvalue weighted by Crippen LogP contribution is 2.33. The first kappa shape index (κ1) is 14.3. The van der Waals surface area contributed by atoms with E-state index in [0.29, 0.717) is 16.7 Å². The van der Waals surface area contributed by atoms with Gasteiger partial charge in [0.1, 0.15) is 23.2 Å². The minimum Gasteiger partial charge on any atom is -0.459 e. The molecule has 0 aliphatic carbocycles. The summed E-state index contributed by atoms with van der Waals surface area (Å²) >= 11 is 3.58. The second-order valence-corrected chi connectivity index (χ2v) is 5.70. The maximum atomic E-state index is 13.3. The fourth-order valence-electron chi connectivity index (χ4n) is 2.40. The van der Waals surface area contributed by atoms with Crippen molar-refractivity contribution in [2.45, 2.75) is 13.0 Å². The lowest BCUT2D eigenvalue weighted by atomic mass is 10.0. The zero-order valence-electron chi connectivity index (χ0n) is 11.4. The van der Waals surface area contributed by atoms with Gasteiger partial charge in [0.05, 0.1) is 0 Å². The molecule has 0 aliphatic heterocycles. The molecule has 21 heavy (non-hydrogen) atoms. The summed E-state index contributed by atoms with van der Waals surface area (Å²) < 4.78 is 20.0. The van der Waals surface area contributed by atoms with Crippen LogP contribution in [0.15, 0.2) is 51.4 Å². The maximum Gasteiger partial charge on any atom is 0.134 e. The molecule has 0 bridgehead atoms. The number of nitrogens with two attached hydrogens (primary N) is 1. The highest BCUT2D eigenvalue weighted by Gasteiger charge is 2.20. The third-order valence-electron chi connectivity index (χ3n) is 3.48. The van der Waals surface area contributed by atoms with Crippen LogP contribution in [0.5, 0.6) is 0 Å². The van der Waals surface area contributed by atoms with Crippen LogP contribution in [-0.2, 0) is 0 Å². The Hall–Kier alpha value is -1.69. The molecule has 1 unspecified atom stereocenters. The molecule has 3 rings (SSSR count). The number of fused-ring (bicyclic) bond motifs is 1. The third-order valence-corrected chi connectivity index (χ3v) is 4.56. The molecule has 0 saturated heterocycles. The van der Waals surface area contributed by atoms with Gasteiger partial charge in [-0.25, -0.2) is 9.82 Å². The average molecular weight is 349 g/mol. The van der Waals surface area contributed by atoms with Crippen molar-refractivity contribution in [3.8, 4) is 0 Å². The lowest BCUT2D eigenvalue weighted by Gasteiger charge is -2.16. The molecule has 3 nitrogen and oxygen atoms in total. The molecular weight excluding hydrogens is 335 g/mol. The van der Waals surface area contributed by atoms with E-state index in [-0.39, 0.29) is 11.9 Å². The standard InChI is InChI=1S/C16H14BrFN2O/c1-9-3-2-4-12(15(9)17)16(20-19)14-8-10-7-11(18)5-6-13(10)21-14/h2-8,16,20H,19H2,1H3. The van der Waals surface area contributed by atoms with Crippen molar-refractivity contribution in [1.29, 1.82) is 0 Å². The van der Waals surface area contributed by atoms with Crippen molar-refractivity contribution in [2.75, 3.05) is 0 Å². The van der Waals surface area contributed by atoms with E-state index in [1.165, 1.54) is 12.1 Å². The molecule has 1 heterocycles. The Morgan fingerprint density at radius 2 is 2.05 bits per heavy atom. The molecule has 1 aromatic heterocycles. The summed E-state index contributed by atoms with van der Waals surface area (Å²) in [4.78, 5) is 0. The van der Waals surface area contributed by atoms with E-state index in [1.807, 2.05) is 25.1 Å². The van der Waals surface area contributed by atoms with Gasteiger partial charge in [0.2, 0.25) is 0 Å². The van der Waals surface area contributed by atoms with Crippen molar-refractivity contribution in [2.24, 2.45) is 5.84 Å². The van der Waals surface area contributed by atoms with Crippen LogP contribution in [0.4, 0.5) is 4.39 Å². The van der Waals surface area contributed by atoms with Crippen LogP contribution in [0.25, 0.3) is 11.0 Å². The summed E-state index contributed by atoms with van der Waals surface area (Å²) in [6.45, 7) is 2.01. The Bertz CT molecular complexity index is 800. The quantitative estimate of drug-likeness (QED) is 0.551. The van der Waals surface area contributed by atoms with E-state index in [4.69, 9.17) is 10.3 Å². The van der Waals surface area contributed by atoms with Gasteiger partial charge in [0.15, 0.2) is 0 Å². The monoisotopic (exact) mass is 348 g/mol. The van der Waals surface area contributed by atoms with Crippen molar-refractivity contribution in [3.63, 3.8) is 0 Å². The Labute approximate surface area is 130 Å².